The molecule has 0 saturated carbocycles. The summed E-state index contributed by atoms with van der Waals surface area (Å²) in [6.45, 7) is 3.17. The van der Waals surface area contributed by atoms with Gasteiger partial charge in [-0.05, 0) is 19.1 Å². The predicted molar refractivity (Wildman–Crippen MR) is 64.9 cm³/mol. The lowest BCUT2D eigenvalue weighted by molar-refractivity contribution is 0.576. The zero-order valence-corrected chi connectivity index (χ0v) is 10.1. The molecular weight excluding hydrogens is 217 g/mol. The number of hydrogen-bond acceptors (Lipinski definition) is 2. The Labute approximate surface area is 100 Å². The van der Waals surface area contributed by atoms with Gasteiger partial charge in [-0.1, -0.05) is 18.2 Å². The fourth-order valence-electron chi connectivity index (χ4n) is 1.80. The second kappa shape index (κ2) is 5.10. The van der Waals surface area contributed by atoms with E-state index in [2.05, 4.69) is 10.4 Å². The second-order valence-corrected chi connectivity index (χ2v) is 4.10. The van der Waals surface area contributed by atoms with Gasteiger partial charge >= 0.3 is 0 Å². The van der Waals surface area contributed by atoms with Crippen molar-refractivity contribution in [3.63, 3.8) is 0 Å². The lowest BCUT2D eigenvalue weighted by Gasteiger charge is -2.06. The maximum atomic E-state index is 13.3. The number of aryl methyl sites for hydroxylation is 2. The van der Waals surface area contributed by atoms with E-state index in [0.29, 0.717) is 18.7 Å². The van der Waals surface area contributed by atoms with Gasteiger partial charge in [-0.25, -0.2) is 4.39 Å². The Balaban J connectivity index is 1.92. The zero-order valence-electron chi connectivity index (χ0n) is 10.1. The van der Waals surface area contributed by atoms with Crippen molar-refractivity contribution in [3.05, 3.63) is 53.1 Å². The Bertz CT molecular complexity index is 505. The molecule has 1 N–H and O–H groups in total. The van der Waals surface area contributed by atoms with Crippen LogP contribution in [0.3, 0.4) is 0 Å². The van der Waals surface area contributed by atoms with Crippen molar-refractivity contribution in [2.45, 2.75) is 20.0 Å². The molecule has 4 heteroatoms. The van der Waals surface area contributed by atoms with Gasteiger partial charge in [0, 0.05) is 25.7 Å². The number of nitrogens with one attached hydrogen (secondary N) is 1. The average molecular weight is 233 g/mol. The van der Waals surface area contributed by atoms with Gasteiger partial charge in [0.05, 0.1) is 11.4 Å². The smallest absolute Gasteiger partial charge is 0.127 e. The van der Waals surface area contributed by atoms with Gasteiger partial charge in [0.25, 0.3) is 0 Å². The molecule has 0 saturated heterocycles. The minimum Gasteiger partial charge on any atom is -0.307 e. The zero-order chi connectivity index (χ0) is 12.3. The molecule has 1 heterocycles. The van der Waals surface area contributed by atoms with Gasteiger partial charge in [0.15, 0.2) is 0 Å². The summed E-state index contributed by atoms with van der Waals surface area (Å²) in [6.07, 6.45) is 0. The van der Waals surface area contributed by atoms with E-state index in [9.17, 15) is 4.39 Å². The van der Waals surface area contributed by atoms with E-state index in [1.165, 1.54) is 6.07 Å². The van der Waals surface area contributed by atoms with Crippen molar-refractivity contribution >= 4 is 0 Å². The molecule has 0 radical (unpaired) electrons. The molecule has 1 aromatic heterocycles. The first kappa shape index (κ1) is 11.8. The molecule has 1 aromatic carbocycles. The fraction of sp³-hybridized carbons (Fsp3) is 0.308. The van der Waals surface area contributed by atoms with Crippen LogP contribution in [0.15, 0.2) is 30.3 Å². The van der Waals surface area contributed by atoms with Crippen LogP contribution in [-0.2, 0) is 20.1 Å². The van der Waals surface area contributed by atoms with Gasteiger partial charge in [-0.15, -0.1) is 0 Å². The van der Waals surface area contributed by atoms with Crippen LogP contribution < -0.4 is 5.32 Å². The van der Waals surface area contributed by atoms with Crippen LogP contribution in [0.2, 0.25) is 0 Å². The van der Waals surface area contributed by atoms with E-state index in [1.54, 1.807) is 12.1 Å². The molecule has 3 nitrogen and oxygen atoms in total. The van der Waals surface area contributed by atoms with Crippen LogP contribution in [0.4, 0.5) is 4.39 Å². The van der Waals surface area contributed by atoms with Crippen LogP contribution in [0.1, 0.15) is 17.0 Å². The molecule has 0 aliphatic carbocycles. The highest BCUT2D eigenvalue weighted by atomic mass is 19.1. The summed E-state index contributed by atoms with van der Waals surface area (Å²) in [5.41, 5.74) is 2.78. The van der Waals surface area contributed by atoms with Crippen LogP contribution >= 0.6 is 0 Å². The summed E-state index contributed by atoms with van der Waals surface area (Å²) >= 11 is 0. The maximum Gasteiger partial charge on any atom is 0.127 e. The largest absolute Gasteiger partial charge is 0.307 e. The lowest BCUT2D eigenvalue weighted by Crippen LogP contribution is -2.16. The Morgan fingerprint density at radius 2 is 2.06 bits per heavy atom. The first-order valence-electron chi connectivity index (χ1n) is 5.60. The summed E-state index contributed by atoms with van der Waals surface area (Å²) in [7, 11) is 1.91. The van der Waals surface area contributed by atoms with E-state index < -0.39 is 0 Å². The highest BCUT2D eigenvalue weighted by molar-refractivity contribution is 5.17. The van der Waals surface area contributed by atoms with Crippen molar-refractivity contribution in [1.29, 1.82) is 0 Å². The minimum absolute atomic E-state index is 0.166. The van der Waals surface area contributed by atoms with Crippen molar-refractivity contribution in [2.24, 2.45) is 7.05 Å². The van der Waals surface area contributed by atoms with Crippen LogP contribution in [0, 0.1) is 12.7 Å². The number of rotatable bonds is 4. The van der Waals surface area contributed by atoms with Crippen LogP contribution in [-0.4, -0.2) is 9.78 Å². The lowest BCUT2D eigenvalue weighted by atomic mass is 10.2. The third-order valence-corrected chi connectivity index (χ3v) is 2.68. The number of aromatic nitrogens is 2. The van der Waals surface area contributed by atoms with E-state index in [4.69, 9.17) is 0 Å². The molecule has 0 bridgehead atoms. The summed E-state index contributed by atoms with van der Waals surface area (Å²) in [5, 5.41) is 7.47. The molecule has 0 amide bonds. The maximum absolute atomic E-state index is 13.3. The predicted octanol–water partition coefficient (Wildman–Crippen LogP) is 2.16. The SMILES string of the molecule is Cc1cc(CNCc2ccccc2F)n(C)n1. The quantitative estimate of drug-likeness (QED) is 0.877. The minimum atomic E-state index is -0.166. The first-order chi connectivity index (χ1) is 8.16. The van der Waals surface area contributed by atoms with Crippen molar-refractivity contribution in [1.82, 2.24) is 15.1 Å². The third-order valence-electron chi connectivity index (χ3n) is 2.68. The van der Waals surface area contributed by atoms with Gasteiger partial charge in [0.1, 0.15) is 5.82 Å². The molecule has 0 fully saturated rings. The molecule has 2 aromatic rings. The normalized spacial score (nSPS) is 10.8. The summed E-state index contributed by atoms with van der Waals surface area (Å²) in [6, 6.07) is 8.83. The van der Waals surface area contributed by atoms with E-state index in [1.807, 2.05) is 30.8 Å². The number of benzene rings is 1. The van der Waals surface area contributed by atoms with Gasteiger partial charge in [0.2, 0.25) is 0 Å². The Kier molecular flexibility index (Phi) is 3.54. The number of nitrogens with zero attached hydrogens (tertiary/aromatic N) is 2. The van der Waals surface area contributed by atoms with Crippen molar-refractivity contribution in [2.75, 3.05) is 0 Å². The molecule has 17 heavy (non-hydrogen) atoms. The molecule has 2 rings (SSSR count). The molecule has 0 aliphatic heterocycles. The fourth-order valence-corrected chi connectivity index (χ4v) is 1.80. The van der Waals surface area contributed by atoms with Gasteiger partial charge in [-0.2, -0.15) is 5.10 Å². The monoisotopic (exact) mass is 233 g/mol. The molecule has 0 spiro atoms. The Morgan fingerprint density at radius 3 is 2.71 bits per heavy atom. The van der Waals surface area contributed by atoms with Crippen LogP contribution in [0.25, 0.3) is 0 Å². The molecule has 90 valence electrons. The Morgan fingerprint density at radius 1 is 1.29 bits per heavy atom. The molecule has 0 atom stereocenters. The van der Waals surface area contributed by atoms with E-state index in [0.717, 1.165) is 11.4 Å². The van der Waals surface area contributed by atoms with E-state index >= 15 is 0 Å². The molecular formula is C13H16FN3. The number of hydrogen-bond donors (Lipinski definition) is 1. The molecule has 0 aliphatic rings. The van der Waals surface area contributed by atoms with Crippen molar-refractivity contribution in [3.8, 4) is 0 Å². The molecule has 0 unspecified atom stereocenters. The topological polar surface area (TPSA) is 29.9 Å². The summed E-state index contributed by atoms with van der Waals surface area (Å²) in [4.78, 5) is 0. The second-order valence-electron chi connectivity index (χ2n) is 4.10. The highest BCUT2D eigenvalue weighted by Gasteiger charge is 2.03. The Hall–Kier alpha value is -1.68. The summed E-state index contributed by atoms with van der Waals surface area (Å²) < 4.78 is 15.2. The van der Waals surface area contributed by atoms with Crippen LogP contribution in [0.5, 0.6) is 0 Å². The standard InChI is InChI=1S/C13H16FN3/c1-10-7-12(17(2)16-10)9-15-8-11-5-3-4-6-13(11)14/h3-7,15H,8-9H2,1-2H3. The van der Waals surface area contributed by atoms with E-state index in [-0.39, 0.29) is 5.82 Å². The first-order valence-corrected chi connectivity index (χ1v) is 5.60. The van der Waals surface area contributed by atoms with Gasteiger partial charge < -0.3 is 5.32 Å². The highest BCUT2D eigenvalue weighted by Crippen LogP contribution is 2.06. The van der Waals surface area contributed by atoms with Crippen molar-refractivity contribution < 1.29 is 4.39 Å². The average Bonchev–Trinajstić information content (AvgIpc) is 2.60. The summed E-state index contributed by atoms with van der Waals surface area (Å²) in [5.74, 6) is -0.166. The number of halogens is 1. The van der Waals surface area contributed by atoms with Gasteiger partial charge in [-0.3, -0.25) is 4.68 Å². The third kappa shape index (κ3) is 2.91.